The predicted molar refractivity (Wildman–Crippen MR) is 95.3 cm³/mol. The van der Waals surface area contributed by atoms with Crippen molar-refractivity contribution in [2.24, 2.45) is 5.10 Å². The fraction of sp³-hybridized carbons (Fsp3) is 0.133. The molecule has 122 valence electrons. The number of benzene rings is 2. The van der Waals surface area contributed by atoms with Crippen LogP contribution in [0.5, 0.6) is 0 Å². The molecule has 0 aliphatic heterocycles. The van der Waals surface area contributed by atoms with Gasteiger partial charge in [0.2, 0.25) is 0 Å². The summed E-state index contributed by atoms with van der Waals surface area (Å²) < 4.78 is 24.5. The summed E-state index contributed by atoms with van der Waals surface area (Å²) in [6.07, 6.45) is 1.22. The van der Waals surface area contributed by atoms with E-state index in [1.165, 1.54) is 12.3 Å². The Kier molecular flexibility index (Phi) is 5.57. The molecule has 4 nitrogen and oxygen atoms in total. The number of halogens is 3. The van der Waals surface area contributed by atoms with Crippen molar-refractivity contribution in [3.63, 3.8) is 0 Å². The molecule has 23 heavy (non-hydrogen) atoms. The van der Waals surface area contributed by atoms with Crippen molar-refractivity contribution in [1.82, 2.24) is 4.83 Å². The molecule has 0 saturated heterocycles. The first-order valence-corrected chi connectivity index (χ1v) is 9.09. The van der Waals surface area contributed by atoms with E-state index >= 15 is 0 Å². The van der Waals surface area contributed by atoms with Crippen LogP contribution >= 0.6 is 34.8 Å². The second kappa shape index (κ2) is 7.09. The Hall–Kier alpha value is -1.27. The number of hydrazone groups is 1. The van der Waals surface area contributed by atoms with Gasteiger partial charge in [-0.25, -0.2) is 4.83 Å². The summed E-state index contributed by atoms with van der Waals surface area (Å²) in [5.41, 5.74) is 1.94. The molecule has 0 fully saturated rings. The minimum Gasteiger partial charge on any atom is -0.200 e. The van der Waals surface area contributed by atoms with E-state index in [-0.39, 0.29) is 9.92 Å². The van der Waals surface area contributed by atoms with Crippen LogP contribution in [0.4, 0.5) is 0 Å². The first kappa shape index (κ1) is 18.1. The predicted octanol–water partition coefficient (Wildman–Crippen LogP) is 4.58. The lowest BCUT2D eigenvalue weighted by Crippen LogP contribution is -2.19. The van der Waals surface area contributed by atoms with Gasteiger partial charge in [0.25, 0.3) is 10.0 Å². The van der Waals surface area contributed by atoms with E-state index in [1.807, 2.05) is 6.92 Å². The molecular weight excluding hydrogens is 379 g/mol. The molecule has 1 N–H and O–H groups in total. The van der Waals surface area contributed by atoms with Gasteiger partial charge < -0.3 is 0 Å². The van der Waals surface area contributed by atoms with Gasteiger partial charge in [0.1, 0.15) is 0 Å². The smallest absolute Gasteiger partial charge is 0.200 e. The quantitative estimate of drug-likeness (QED) is 0.471. The van der Waals surface area contributed by atoms with Crippen molar-refractivity contribution >= 4 is 51.0 Å². The van der Waals surface area contributed by atoms with Gasteiger partial charge in [0.15, 0.2) is 0 Å². The molecule has 0 radical (unpaired) electrons. The zero-order valence-electron chi connectivity index (χ0n) is 12.3. The van der Waals surface area contributed by atoms with Gasteiger partial charge in [0.05, 0.1) is 26.2 Å². The summed E-state index contributed by atoms with van der Waals surface area (Å²) in [5, 5.41) is 4.54. The second-order valence-corrected chi connectivity index (χ2v) is 7.70. The molecule has 2 aromatic carbocycles. The van der Waals surface area contributed by atoms with E-state index in [0.29, 0.717) is 21.2 Å². The number of hydrogen-bond acceptors (Lipinski definition) is 3. The van der Waals surface area contributed by atoms with E-state index < -0.39 is 10.0 Å². The molecule has 2 rings (SSSR count). The minimum atomic E-state index is -3.78. The lowest BCUT2D eigenvalue weighted by Gasteiger charge is -2.08. The Morgan fingerprint density at radius 1 is 1.04 bits per heavy atom. The van der Waals surface area contributed by atoms with Gasteiger partial charge in [-0.1, -0.05) is 52.5 Å². The Morgan fingerprint density at radius 2 is 1.70 bits per heavy atom. The summed E-state index contributed by atoms with van der Waals surface area (Å²) in [6.45, 7) is 3.61. The van der Waals surface area contributed by atoms with Crippen molar-refractivity contribution in [3.05, 3.63) is 62.1 Å². The summed E-state index contributed by atoms with van der Waals surface area (Å²) in [7, 11) is -3.78. The van der Waals surface area contributed by atoms with Crippen molar-refractivity contribution in [2.75, 3.05) is 0 Å². The molecule has 0 aliphatic rings. The number of aryl methyl sites for hydroxylation is 2. The maximum absolute atomic E-state index is 12.3. The molecule has 0 bridgehead atoms. The van der Waals surface area contributed by atoms with Gasteiger partial charge in [-0.15, -0.1) is 0 Å². The van der Waals surface area contributed by atoms with E-state index in [9.17, 15) is 8.42 Å². The standard InChI is InChI=1S/C15H13Cl3N2O2S/c1-9-3-6-14(10(2)7-9)23(21,22)20-19-8-11-12(16)4-5-13(17)15(11)18/h3-8,20H,1-2H3/b19-8+. The van der Waals surface area contributed by atoms with Crippen molar-refractivity contribution in [3.8, 4) is 0 Å². The Morgan fingerprint density at radius 3 is 2.35 bits per heavy atom. The van der Waals surface area contributed by atoms with Crippen molar-refractivity contribution < 1.29 is 8.42 Å². The first-order valence-electron chi connectivity index (χ1n) is 6.48. The summed E-state index contributed by atoms with van der Waals surface area (Å²) in [4.78, 5) is 2.30. The highest BCUT2D eigenvalue weighted by Crippen LogP contribution is 2.30. The Labute approximate surface area is 150 Å². The molecule has 2 aromatic rings. The van der Waals surface area contributed by atoms with Crippen LogP contribution in [0.25, 0.3) is 0 Å². The normalized spacial score (nSPS) is 11.9. The van der Waals surface area contributed by atoms with E-state index in [1.54, 1.807) is 31.2 Å². The second-order valence-electron chi connectivity index (χ2n) is 4.88. The maximum Gasteiger partial charge on any atom is 0.276 e. The topological polar surface area (TPSA) is 58.5 Å². The molecule has 0 unspecified atom stereocenters. The van der Waals surface area contributed by atoms with E-state index in [4.69, 9.17) is 34.8 Å². The molecule has 0 amide bonds. The average Bonchev–Trinajstić information content (AvgIpc) is 2.46. The number of nitrogens with one attached hydrogen (secondary N) is 1. The molecule has 8 heteroatoms. The van der Waals surface area contributed by atoms with Crippen LogP contribution < -0.4 is 4.83 Å². The van der Waals surface area contributed by atoms with Crippen molar-refractivity contribution in [1.29, 1.82) is 0 Å². The van der Waals surface area contributed by atoms with Crippen LogP contribution in [0.3, 0.4) is 0 Å². The Bertz CT molecular complexity index is 881. The van der Waals surface area contributed by atoms with E-state index in [0.717, 1.165) is 5.56 Å². The lowest BCUT2D eigenvalue weighted by atomic mass is 10.2. The molecule has 0 saturated carbocycles. The number of sulfonamides is 1. The molecule has 0 aliphatic carbocycles. The molecule has 0 heterocycles. The molecule has 0 atom stereocenters. The zero-order valence-corrected chi connectivity index (χ0v) is 15.4. The summed E-state index contributed by atoms with van der Waals surface area (Å²) in [5.74, 6) is 0. The maximum atomic E-state index is 12.3. The van der Waals surface area contributed by atoms with Crippen LogP contribution in [-0.4, -0.2) is 14.6 Å². The largest absolute Gasteiger partial charge is 0.276 e. The van der Waals surface area contributed by atoms with Crippen LogP contribution in [0.15, 0.2) is 40.3 Å². The van der Waals surface area contributed by atoms with Crippen LogP contribution in [-0.2, 0) is 10.0 Å². The van der Waals surface area contributed by atoms with E-state index in [2.05, 4.69) is 9.93 Å². The lowest BCUT2D eigenvalue weighted by molar-refractivity contribution is 0.584. The SMILES string of the molecule is Cc1ccc(S(=O)(=O)N/N=C/c2c(Cl)ccc(Cl)c2Cl)c(C)c1. The average molecular weight is 392 g/mol. The highest BCUT2D eigenvalue weighted by molar-refractivity contribution is 7.89. The van der Waals surface area contributed by atoms with Crippen LogP contribution in [0, 0.1) is 13.8 Å². The number of hydrogen-bond donors (Lipinski definition) is 1. The van der Waals surface area contributed by atoms with Gasteiger partial charge in [-0.05, 0) is 37.6 Å². The van der Waals surface area contributed by atoms with Crippen molar-refractivity contribution in [2.45, 2.75) is 18.7 Å². The summed E-state index contributed by atoms with van der Waals surface area (Å²) in [6, 6.07) is 8.12. The molecule has 0 aromatic heterocycles. The number of nitrogens with zero attached hydrogens (tertiary/aromatic N) is 1. The third kappa shape index (κ3) is 4.18. The van der Waals surface area contributed by atoms with Gasteiger partial charge in [0, 0.05) is 5.56 Å². The molecule has 0 spiro atoms. The van der Waals surface area contributed by atoms with Crippen LogP contribution in [0.1, 0.15) is 16.7 Å². The Balaban J connectivity index is 2.28. The zero-order chi connectivity index (χ0) is 17.2. The third-order valence-corrected chi connectivity index (χ3v) is 5.60. The fourth-order valence-corrected chi connectivity index (χ4v) is 3.62. The highest BCUT2D eigenvalue weighted by Gasteiger charge is 2.16. The fourth-order valence-electron chi connectivity index (χ4n) is 1.97. The molecular formula is C15H13Cl3N2O2S. The third-order valence-electron chi connectivity index (χ3n) is 3.07. The minimum absolute atomic E-state index is 0.156. The monoisotopic (exact) mass is 390 g/mol. The highest BCUT2D eigenvalue weighted by atomic mass is 35.5. The number of rotatable bonds is 4. The van der Waals surface area contributed by atoms with Gasteiger partial charge in [-0.3, -0.25) is 0 Å². The van der Waals surface area contributed by atoms with Gasteiger partial charge in [-0.2, -0.15) is 13.5 Å². The van der Waals surface area contributed by atoms with Gasteiger partial charge >= 0.3 is 0 Å². The van der Waals surface area contributed by atoms with Crippen LogP contribution in [0.2, 0.25) is 15.1 Å². The first-order chi connectivity index (χ1) is 10.7. The summed E-state index contributed by atoms with van der Waals surface area (Å²) >= 11 is 17.9.